The Balaban J connectivity index is 1.08. The number of hydrogen-bond donors (Lipinski definition) is 0. The molecule has 0 spiro atoms. The summed E-state index contributed by atoms with van der Waals surface area (Å²) in [4.78, 5) is 2.71. The Hall–Kier alpha value is -6.56. The van der Waals surface area contributed by atoms with Gasteiger partial charge in [-0.05, 0) is 151 Å². The van der Waals surface area contributed by atoms with Crippen LogP contribution >= 0.6 is 11.3 Å². The second-order valence-electron chi connectivity index (χ2n) is 23.5. The summed E-state index contributed by atoms with van der Waals surface area (Å²) in [5.74, 6) is 0. The summed E-state index contributed by atoms with van der Waals surface area (Å²) in [5, 5.41) is 7.57. The normalized spacial score (nSPS) is 17.1. The SMILES string of the molecule is CC(C)(C)c1ccc(N2B3c4cc5oc6ccccc6c5cc4-n4c5cc6sc7ccccc7c6cc5c5ccc(c3c54)-c3cc4c(cc32)C(C)(C)c2cc3c(cc2-4)C(C)(C)CCC3(C)C)cc1. The number of fused-ring (bicyclic) bond motifs is 18. The highest BCUT2D eigenvalue weighted by atomic mass is 32.1. The Morgan fingerprint density at radius 2 is 1.24 bits per heavy atom. The highest BCUT2D eigenvalue weighted by Crippen LogP contribution is 2.58. The fourth-order valence-electron chi connectivity index (χ4n) is 13.5. The molecule has 11 aromatic rings. The number of rotatable bonds is 1. The van der Waals surface area contributed by atoms with E-state index in [-0.39, 0.29) is 28.5 Å². The molecule has 330 valence electrons. The molecule has 0 atom stereocenters. The number of benzene rings is 8. The summed E-state index contributed by atoms with van der Waals surface area (Å²) in [6.07, 6.45) is 2.40. The van der Waals surface area contributed by atoms with Crippen molar-refractivity contribution >= 4 is 104 Å². The van der Waals surface area contributed by atoms with Gasteiger partial charge >= 0.3 is 6.85 Å². The molecule has 0 unspecified atom stereocenters. The molecule has 3 aromatic heterocycles. The lowest BCUT2D eigenvalue weighted by atomic mass is 9.44. The fraction of sp³-hybridized carbons (Fsp3) is 0.238. The highest BCUT2D eigenvalue weighted by Gasteiger charge is 2.48. The first kappa shape index (κ1) is 39.4. The van der Waals surface area contributed by atoms with Gasteiger partial charge in [0.25, 0.3) is 0 Å². The van der Waals surface area contributed by atoms with Gasteiger partial charge in [0.05, 0.1) is 11.0 Å². The van der Waals surface area contributed by atoms with Crippen molar-refractivity contribution in [1.29, 1.82) is 0 Å². The molecule has 0 saturated heterocycles. The minimum Gasteiger partial charge on any atom is -0.456 e. The first-order chi connectivity index (χ1) is 32.6. The van der Waals surface area contributed by atoms with E-state index in [9.17, 15) is 0 Å². The van der Waals surface area contributed by atoms with E-state index in [1.54, 1.807) is 0 Å². The van der Waals surface area contributed by atoms with Crippen molar-refractivity contribution in [2.24, 2.45) is 0 Å². The van der Waals surface area contributed by atoms with E-state index in [0.717, 1.165) is 21.9 Å². The van der Waals surface area contributed by atoms with Gasteiger partial charge in [0.1, 0.15) is 11.2 Å². The molecule has 5 heterocycles. The van der Waals surface area contributed by atoms with Crippen LogP contribution < -0.4 is 15.7 Å². The first-order valence-corrected chi connectivity index (χ1v) is 25.5. The van der Waals surface area contributed by atoms with Crippen molar-refractivity contribution in [3.63, 3.8) is 0 Å². The van der Waals surface area contributed by atoms with Crippen molar-refractivity contribution in [3.8, 4) is 27.9 Å². The number of furan rings is 1. The van der Waals surface area contributed by atoms with Gasteiger partial charge in [-0.2, -0.15) is 0 Å². The maximum Gasteiger partial charge on any atom is 0.333 e. The monoisotopic (exact) mass is 896 g/mol. The van der Waals surface area contributed by atoms with Crippen LogP contribution in [0.1, 0.15) is 103 Å². The second-order valence-corrected chi connectivity index (χ2v) is 24.6. The van der Waals surface area contributed by atoms with E-state index >= 15 is 0 Å². The molecule has 5 heteroatoms. The molecular formula is C63H53BN2OS. The Bertz CT molecular complexity index is 4110. The zero-order valence-electron chi connectivity index (χ0n) is 40.4. The molecule has 0 fully saturated rings. The lowest BCUT2D eigenvalue weighted by Crippen LogP contribution is -2.60. The van der Waals surface area contributed by atoms with Crippen molar-refractivity contribution in [2.75, 3.05) is 4.81 Å². The molecule has 0 radical (unpaired) electrons. The molecule has 0 amide bonds. The standard InChI is InChI=1S/C63H53BN2OS/c1-60(2,3)34-18-20-35(21-19-34)66-52-31-47-40(41-28-48-49(30-46(41)63(47,8)9)62(6,7)25-24-61(48,4)5)26-42(52)38-22-23-39-43-27-45-37-15-11-13-17-56(37)68-57(45)33-51(43)65-53-29-44-36-14-10-12-16-54(36)67-55(44)32-50(53)64(66)58(38)59(39)65/h10-23,26-33H,24-25H2,1-9H3. The highest BCUT2D eigenvalue weighted by molar-refractivity contribution is 7.25. The van der Waals surface area contributed by atoms with E-state index in [1.165, 1.54) is 133 Å². The number of nitrogens with zero attached hydrogens (tertiary/aromatic N) is 2. The Morgan fingerprint density at radius 1 is 0.529 bits per heavy atom. The average Bonchev–Trinajstić information content (AvgIpc) is 4.03. The summed E-state index contributed by atoms with van der Waals surface area (Å²) >= 11 is 1.90. The third-order valence-corrected chi connectivity index (χ3v) is 18.5. The van der Waals surface area contributed by atoms with Crippen LogP contribution in [0.4, 0.5) is 11.4 Å². The third kappa shape index (κ3) is 4.91. The van der Waals surface area contributed by atoms with E-state index in [4.69, 9.17) is 4.42 Å². The van der Waals surface area contributed by atoms with Crippen molar-refractivity contribution in [1.82, 2.24) is 4.57 Å². The van der Waals surface area contributed by atoms with Crippen molar-refractivity contribution < 1.29 is 4.42 Å². The van der Waals surface area contributed by atoms with Crippen LogP contribution in [-0.2, 0) is 21.7 Å². The van der Waals surface area contributed by atoms with Crippen LogP contribution in [-0.4, -0.2) is 11.4 Å². The van der Waals surface area contributed by atoms with Crippen LogP contribution in [0.5, 0.6) is 0 Å². The third-order valence-electron chi connectivity index (χ3n) is 17.4. The Kier molecular flexibility index (Phi) is 7.28. The second kappa shape index (κ2) is 12.6. The average molecular weight is 897 g/mol. The number of thiophene rings is 1. The molecule has 2 aliphatic heterocycles. The zero-order valence-corrected chi connectivity index (χ0v) is 41.2. The molecule has 0 bridgehead atoms. The van der Waals surface area contributed by atoms with Crippen LogP contribution in [0.2, 0.25) is 0 Å². The predicted octanol–water partition coefficient (Wildman–Crippen LogP) is 16.2. The molecule has 0 N–H and O–H groups in total. The summed E-state index contributed by atoms with van der Waals surface area (Å²) < 4.78 is 12.1. The van der Waals surface area contributed by atoms with Gasteiger partial charge in [0.15, 0.2) is 0 Å². The number of anilines is 2. The number of aromatic nitrogens is 1. The molecule has 0 saturated carbocycles. The Labute approximate surface area is 402 Å². The molecule has 8 aromatic carbocycles. The minimum absolute atomic E-state index is 0.0282. The lowest BCUT2D eigenvalue weighted by Gasteiger charge is -2.42. The maximum absolute atomic E-state index is 6.81. The molecule has 2 aliphatic carbocycles. The Morgan fingerprint density at radius 3 is 2.01 bits per heavy atom. The van der Waals surface area contributed by atoms with E-state index < -0.39 is 0 Å². The van der Waals surface area contributed by atoms with Crippen molar-refractivity contribution in [3.05, 3.63) is 161 Å². The summed E-state index contributed by atoms with van der Waals surface area (Å²) in [6.45, 7) is 21.6. The van der Waals surface area contributed by atoms with Gasteiger partial charge < -0.3 is 13.8 Å². The predicted molar refractivity (Wildman–Crippen MR) is 292 cm³/mol. The maximum atomic E-state index is 6.81. The molecular weight excluding hydrogens is 844 g/mol. The number of hydrogen-bond acceptors (Lipinski definition) is 3. The van der Waals surface area contributed by atoms with Gasteiger partial charge in [0.2, 0.25) is 0 Å². The summed E-state index contributed by atoms with van der Waals surface area (Å²) in [6, 6.07) is 52.2. The lowest BCUT2D eigenvalue weighted by molar-refractivity contribution is 0.331. The van der Waals surface area contributed by atoms with Crippen LogP contribution in [0.25, 0.3) is 91.9 Å². The fourth-order valence-corrected chi connectivity index (χ4v) is 14.6. The number of para-hydroxylation sites is 1. The summed E-state index contributed by atoms with van der Waals surface area (Å²) in [5.41, 5.74) is 23.5. The van der Waals surface area contributed by atoms with Crippen LogP contribution in [0, 0.1) is 0 Å². The van der Waals surface area contributed by atoms with Crippen LogP contribution in [0.15, 0.2) is 138 Å². The molecule has 68 heavy (non-hydrogen) atoms. The van der Waals surface area contributed by atoms with Crippen molar-refractivity contribution in [2.45, 2.75) is 96.8 Å². The quantitative estimate of drug-likeness (QED) is 0.153. The smallest absolute Gasteiger partial charge is 0.333 e. The van der Waals surface area contributed by atoms with Gasteiger partial charge in [-0.1, -0.05) is 129 Å². The molecule has 3 nitrogen and oxygen atoms in total. The van der Waals surface area contributed by atoms with E-state index in [1.807, 2.05) is 11.3 Å². The van der Waals surface area contributed by atoms with Gasteiger partial charge in [-0.15, -0.1) is 11.3 Å². The molecule has 15 rings (SSSR count). The first-order valence-electron chi connectivity index (χ1n) is 24.7. The topological polar surface area (TPSA) is 21.3 Å². The van der Waals surface area contributed by atoms with Gasteiger partial charge in [0, 0.05) is 69.8 Å². The summed E-state index contributed by atoms with van der Waals surface area (Å²) in [7, 11) is 0. The van der Waals surface area contributed by atoms with Gasteiger partial charge in [-0.25, -0.2) is 0 Å². The minimum atomic E-state index is -0.188. The molecule has 4 aliphatic rings. The van der Waals surface area contributed by atoms with Gasteiger partial charge in [-0.3, -0.25) is 0 Å². The van der Waals surface area contributed by atoms with E-state index in [2.05, 4.69) is 205 Å². The zero-order chi connectivity index (χ0) is 46.1. The van der Waals surface area contributed by atoms with Crippen LogP contribution in [0.3, 0.4) is 0 Å². The van der Waals surface area contributed by atoms with E-state index in [0.29, 0.717) is 0 Å². The largest absolute Gasteiger partial charge is 0.456 e.